The molecule has 3 rings (SSSR count). The van der Waals surface area contributed by atoms with Crippen molar-refractivity contribution in [3.8, 4) is 0 Å². The van der Waals surface area contributed by atoms with E-state index in [0.29, 0.717) is 16.3 Å². The Labute approximate surface area is 156 Å². The third-order valence-corrected chi connectivity index (χ3v) is 4.73. The molecule has 0 unspecified atom stereocenters. The summed E-state index contributed by atoms with van der Waals surface area (Å²) in [7, 11) is 0. The Morgan fingerprint density at radius 2 is 2.15 bits per heavy atom. The van der Waals surface area contributed by atoms with Crippen LogP contribution in [0.3, 0.4) is 0 Å². The van der Waals surface area contributed by atoms with Crippen LogP contribution in [0.2, 0.25) is 5.02 Å². The molecule has 0 spiro atoms. The largest absolute Gasteiger partial charge is 0.380 e. The lowest BCUT2D eigenvalue weighted by atomic mass is 9.94. The van der Waals surface area contributed by atoms with Crippen LogP contribution in [0, 0.1) is 13.5 Å². The fourth-order valence-corrected chi connectivity index (χ4v) is 3.15. The number of fused-ring (bicyclic) bond motifs is 1. The quantitative estimate of drug-likeness (QED) is 0.690. The molecule has 0 bridgehead atoms. The number of para-hydroxylation sites is 1. The Morgan fingerprint density at radius 1 is 1.38 bits per heavy atom. The van der Waals surface area contributed by atoms with E-state index < -0.39 is 5.60 Å². The Hall–Kier alpha value is -2.68. The molecule has 2 aromatic carbocycles. The summed E-state index contributed by atoms with van der Waals surface area (Å²) in [5.41, 5.74) is 2.23. The number of ketones is 1. The molecule has 1 N–H and O–H groups in total. The maximum Gasteiger partial charge on any atom is 0.205 e. The van der Waals surface area contributed by atoms with Crippen molar-refractivity contribution >= 4 is 34.1 Å². The smallest absolute Gasteiger partial charge is 0.205 e. The number of hydrogen-bond donors (Lipinski definition) is 1. The zero-order valence-corrected chi connectivity index (χ0v) is 15.3. The van der Waals surface area contributed by atoms with Crippen molar-refractivity contribution in [2.45, 2.75) is 32.4 Å². The van der Waals surface area contributed by atoms with Gasteiger partial charge in [-0.05, 0) is 31.0 Å². The molecule has 26 heavy (non-hydrogen) atoms. The average molecular weight is 368 g/mol. The molecule has 0 aliphatic carbocycles. The summed E-state index contributed by atoms with van der Waals surface area (Å²) in [6.45, 7) is 10.6. The third-order valence-electron chi connectivity index (χ3n) is 4.43. The molecule has 5 nitrogen and oxygen atoms in total. The van der Waals surface area contributed by atoms with Crippen LogP contribution in [-0.4, -0.2) is 26.0 Å². The van der Waals surface area contributed by atoms with Crippen molar-refractivity contribution in [1.82, 2.24) is 9.55 Å². The van der Waals surface area contributed by atoms with Gasteiger partial charge in [0.05, 0.1) is 30.5 Å². The van der Waals surface area contributed by atoms with E-state index in [-0.39, 0.29) is 18.7 Å². The molecule has 0 amide bonds. The summed E-state index contributed by atoms with van der Waals surface area (Å²) in [5, 5.41) is 11.0. The van der Waals surface area contributed by atoms with E-state index in [1.54, 1.807) is 29.1 Å². The predicted molar refractivity (Wildman–Crippen MR) is 102 cm³/mol. The van der Waals surface area contributed by atoms with Crippen molar-refractivity contribution in [2.75, 3.05) is 0 Å². The highest BCUT2D eigenvalue weighted by atomic mass is 35.5. The van der Waals surface area contributed by atoms with Gasteiger partial charge in [0.2, 0.25) is 5.69 Å². The molecule has 6 heteroatoms. The van der Waals surface area contributed by atoms with Crippen LogP contribution in [0.15, 0.2) is 42.7 Å². The van der Waals surface area contributed by atoms with Gasteiger partial charge in [-0.1, -0.05) is 41.9 Å². The van der Waals surface area contributed by atoms with E-state index in [1.807, 2.05) is 25.1 Å². The highest BCUT2D eigenvalue weighted by molar-refractivity contribution is 6.33. The van der Waals surface area contributed by atoms with Gasteiger partial charge in [-0.15, -0.1) is 0 Å². The summed E-state index contributed by atoms with van der Waals surface area (Å²) in [5.74, 6) is -0.321. The molecule has 0 aliphatic rings. The summed E-state index contributed by atoms with van der Waals surface area (Å²) in [6.07, 6.45) is 1.68. The van der Waals surface area contributed by atoms with Crippen molar-refractivity contribution in [1.29, 1.82) is 0 Å². The number of carbonyl (C=O) groups excluding carboxylic acids is 1. The summed E-state index contributed by atoms with van der Waals surface area (Å²) < 4.78 is 1.79. The first kappa shape index (κ1) is 18.1. The summed E-state index contributed by atoms with van der Waals surface area (Å²) in [6, 6.07) is 10.7. The second-order valence-corrected chi connectivity index (χ2v) is 6.99. The van der Waals surface area contributed by atoms with Gasteiger partial charge in [0.1, 0.15) is 5.60 Å². The fourth-order valence-electron chi connectivity index (χ4n) is 2.91. The molecule has 0 radical (unpaired) electrons. The normalized spacial score (nSPS) is 13.3. The predicted octanol–water partition coefficient (Wildman–Crippen LogP) is 4.11. The molecular weight excluding hydrogens is 350 g/mol. The van der Waals surface area contributed by atoms with Gasteiger partial charge >= 0.3 is 0 Å². The number of benzene rings is 2. The number of imidazole rings is 1. The van der Waals surface area contributed by atoms with Crippen LogP contribution in [-0.2, 0) is 17.8 Å². The van der Waals surface area contributed by atoms with Gasteiger partial charge in [-0.2, -0.15) is 0 Å². The lowest BCUT2D eigenvalue weighted by Gasteiger charge is -2.23. The molecule has 1 aromatic heterocycles. The van der Waals surface area contributed by atoms with Gasteiger partial charge < -0.3 is 9.67 Å². The number of aliphatic hydroxyl groups is 1. The third kappa shape index (κ3) is 3.48. The first-order valence-corrected chi connectivity index (χ1v) is 8.51. The van der Waals surface area contributed by atoms with E-state index in [0.717, 1.165) is 16.6 Å². The van der Waals surface area contributed by atoms with Gasteiger partial charge in [-0.3, -0.25) is 4.79 Å². The van der Waals surface area contributed by atoms with Gasteiger partial charge in [0.25, 0.3) is 0 Å². The Morgan fingerprint density at radius 3 is 2.85 bits per heavy atom. The van der Waals surface area contributed by atoms with Crippen LogP contribution >= 0.6 is 11.6 Å². The highest BCUT2D eigenvalue weighted by Crippen LogP contribution is 2.27. The number of hydrogen-bond acceptors (Lipinski definition) is 3. The van der Waals surface area contributed by atoms with Crippen molar-refractivity contribution < 1.29 is 9.90 Å². The lowest BCUT2D eigenvalue weighted by Crippen LogP contribution is -2.40. The SMILES string of the molecule is [C-]#[N+]c1ccc(CC(=O)[C@@](C)(O)Cn2cnc3c(C)cccc32)cc1Cl. The highest BCUT2D eigenvalue weighted by Gasteiger charge is 2.31. The fraction of sp³-hybridized carbons (Fsp3) is 0.250. The van der Waals surface area contributed by atoms with Crippen LogP contribution < -0.4 is 0 Å². The topological polar surface area (TPSA) is 59.5 Å². The minimum atomic E-state index is -1.55. The second-order valence-electron chi connectivity index (χ2n) is 6.59. The van der Waals surface area contributed by atoms with E-state index in [9.17, 15) is 9.90 Å². The van der Waals surface area contributed by atoms with Gasteiger partial charge in [-0.25, -0.2) is 9.83 Å². The first-order chi connectivity index (χ1) is 12.3. The number of aromatic nitrogens is 2. The molecule has 132 valence electrons. The minimum absolute atomic E-state index is 0.0384. The maximum atomic E-state index is 12.6. The molecule has 0 saturated heterocycles. The minimum Gasteiger partial charge on any atom is -0.380 e. The van der Waals surface area contributed by atoms with Crippen LogP contribution in [0.5, 0.6) is 0 Å². The number of halogens is 1. The van der Waals surface area contributed by atoms with Crippen LogP contribution in [0.25, 0.3) is 15.9 Å². The molecule has 1 atom stereocenters. The van der Waals surface area contributed by atoms with Crippen molar-refractivity contribution in [2.24, 2.45) is 0 Å². The second kappa shape index (κ2) is 6.91. The van der Waals surface area contributed by atoms with Crippen molar-refractivity contribution in [3.63, 3.8) is 0 Å². The molecule has 0 saturated carbocycles. The lowest BCUT2D eigenvalue weighted by molar-refractivity contribution is -0.136. The first-order valence-electron chi connectivity index (χ1n) is 8.14. The Bertz CT molecular complexity index is 1030. The van der Waals surface area contributed by atoms with Gasteiger partial charge in [0, 0.05) is 11.4 Å². The summed E-state index contributed by atoms with van der Waals surface area (Å²) in [4.78, 5) is 20.3. The van der Waals surface area contributed by atoms with E-state index >= 15 is 0 Å². The summed E-state index contributed by atoms with van der Waals surface area (Å²) >= 11 is 6.02. The number of carbonyl (C=O) groups is 1. The standard InChI is InChI=1S/C20H18ClN3O2/c1-13-5-4-6-17-19(13)23-12-24(17)11-20(2,26)18(25)10-14-7-8-16(22-3)15(21)9-14/h4-9,12,26H,10-11H2,1-2H3/t20-/m0/s1. The Kier molecular flexibility index (Phi) is 4.82. The average Bonchev–Trinajstić information content (AvgIpc) is 2.99. The van der Waals surface area contributed by atoms with E-state index in [2.05, 4.69) is 9.83 Å². The zero-order valence-electron chi connectivity index (χ0n) is 14.5. The number of Topliss-reactive ketones (excluding diaryl/α,β-unsaturated/α-hetero) is 1. The number of rotatable bonds is 5. The zero-order chi connectivity index (χ0) is 18.9. The molecule has 0 aliphatic heterocycles. The number of nitrogens with zero attached hydrogens (tertiary/aromatic N) is 3. The maximum absolute atomic E-state index is 12.6. The monoisotopic (exact) mass is 367 g/mol. The van der Waals surface area contributed by atoms with Crippen LogP contribution in [0.4, 0.5) is 5.69 Å². The van der Waals surface area contributed by atoms with Crippen LogP contribution in [0.1, 0.15) is 18.1 Å². The molecule has 1 heterocycles. The van der Waals surface area contributed by atoms with E-state index in [1.165, 1.54) is 6.92 Å². The molecule has 3 aromatic rings. The Balaban J connectivity index is 1.81. The van der Waals surface area contributed by atoms with Crippen molar-refractivity contribution in [3.05, 3.63) is 70.3 Å². The van der Waals surface area contributed by atoms with Gasteiger partial charge in [0.15, 0.2) is 5.78 Å². The molecule has 0 fully saturated rings. The van der Waals surface area contributed by atoms with E-state index in [4.69, 9.17) is 18.2 Å². The number of aryl methyl sites for hydroxylation is 1. The molecular formula is C20H18ClN3O2.